The molecule has 3 aromatic rings. The smallest absolute Gasteiger partial charge is 0.183 e. The minimum absolute atomic E-state index is 0.906. The fourth-order valence-electron chi connectivity index (χ4n) is 1.87. The maximum absolute atomic E-state index is 4.61. The Hall–Kier alpha value is -1.88. The molecule has 0 radical (unpaired) electrons. The Morgan fingerprint density at radius 2 is 2.06 bits per heavy atom. The lowest BCUT2D eigenvalue weighted by molar-refractivity contribution is 0.953. The number of fused-ring (bicyclic) bond motifs is 1. The number of para-hydroxylation sites is 2. The van der Waals surface area contributed by atoms with E-state index in [1.807, 2.05) is 37.7 Å². The molecule has 1 aromatic carbocycles. The highest BCUT2D eigenvalue weighted by molar-refractivity contribution is 7.14. The molecule has 0 aliphatic heterocycles. The average Bonchev–Trinajstić information content (AvgIpc) is 2.95. The second-order valence-corrected chi connectivity index (χ2v) is 4.63. The molecule has 0 saturated carbocycles. The number of nitrogens with zero attached hydrogens (tertiary/aromatic N) is 3. The second-order valence-electron chi connectivity index (χ2n) is 3.77. The van der Waals surface area contributed by atoms with Crippen molar-refractivity contribution in [3.63, 3.8) is 0 Å². The molecule has 0 spiro atoms. The van der Waals surface area contributed by atoms with Gasteiger partial charge in [0.15, 0.2) is 11.0 Å². The molecule has 5 heteroatoms. The number of nitrogens with one attached hydrogen (secondary N) is 1. The molecule has 86 valence electrons. The first-order valence-corrected chi connectivity index (χ1v) is 6.22. The summed E-state index contributed by atoms with van der Waals surface area (Å²) >= 11 is 1.59. The molecule has 2 heterocycles. The lowest BCUT2D eigenvalue weighted by Gasteiger charge is -1.98. The van der Waals surface area contributed by atoms with Crippen molar-refractivity contribution in [2.75, 3.05) is 12.4 Å². The largest absolute Gasteiger partial charge is 0.365 e. The Kier molecular flexibility index (Phi) is 2.33. The molecule has 0 bridgehead atoms. The molecule has 17 heavy (non-hydrogen) atoms. The molecule has 0 amide bonds. The molecule has 2 aromatic heterocycles. The molecule has 0 aliphatic carbocycles. The van der Waals surface area contributed by atoms with Crippen LogP contribution in [0.1, 0.15) is 0 Å². The standard InChI is InChI=1S/C12H12N4S/c1-13-12-15-9(7-17-12)11-14-8-5-3-4-6-10(8)16(11)2/h3-7H,1-2H3,(H,13,15). The van der Waals surface area contributed by atoms with Gasteiger partial charge in [-0.25, -0.2) is 9.97 Å². The lowest BCUT2D eigenvalue weighted by Crippen LogP contribution is -1.93. The molecular weight excluding hydrogens is 232 g/mol. The number of hydrogen-bond acceptors (Lipinski definition) is 4. The van der Waals surface area contributed by atoms with Crippen LogP contribution in [0.4, 0.5) is 5.13 Å². The Bertz CT molecular complexity index is 668. The van der Waals surface area contributed by atoms with Gasteiger partial charge in [-0.3, -0.25) is 0 Å². The van der Waals surface area contributed by atoms with Gasteiger partial charge in [-0.2, -0.15) is 0 Å². The number of imidazole rings is 1. The lowest BCUT2D eigenvalue weighted by atomic mass is 10.3. The van der Waals surface area contributed by atoms with Gasteiger partial charge in [-0.1, -0.05) is 12.1 Å². The number of aryl methyl sites for hydroxylation is 1. The van der Waals surface area contributed by atoms with E-state index < -0.39 is 0 Å². The number of thiazole rings is 1. The van der Waals surface area contributed by atoms with Gasteiger partial charge in [0.25, 0.3) is 0 Å². The van der Waals surface area contributed by atoms with Crippen molar-refractivity contribution in [3.8, 4) is 11.5 Å². The van der Waals surface area contributed by atoms with Crippen LogP contribution in [0.3, 0.4) is 0 Å². The third-order valence-corrected chi connectivity index (χ3v) is 3.59. The van der Waals surface area contributed by atoms with E-state index in [0.717, 1.165) is 27.7 Å². The monoisotopic (exact) mass is 244 g/mol. The zero-order valence-corrected chi connectivity index (χ0v) is 10.5. The first kappa shape index (κ1) is 10.3. The normalized spacial score (nSPS) is 10.9. The van der Waals surface area contributed by atoms with Crippen molar-refractivity contribution in [3.05, 3.63) is 29.6 Å². The predicted octanol–water partition coefficient (Wildman–Crippen LogP) is 2.74. The molecule has 0 atom stereocenters. The summed E-state index contributed by atoms with van der Waals surface area (Å²) in [4.78, 5) is 9.09. The first-order chi connectivity index (χ1) is 8.29. The third-order valence-electron chi connectivity index (χ3n) is 2.73. The van der Waals surface area contributed by atoms with Gasteiger partial charge in [0, 0.05) is 19.5 Å². The summed E-state index contributed by atoms with van der Waals surface area (Å²) in [6.07, 6.45) is 0. The zero-order chi connectivity index (χ0) is 11.8. The summed E-state index contributed by atoms with van der Waals surface area (Å²) in [6, 6.07) is 8.11. The van der Waals surface area contributed by atoms with E-state index in [2.05, 4.69) is 25.9 Å². The maximum Gasteiger partial charge on any atom is 0.183 e. The molecule has 0 fully saturated rings. The van der Waals surface area contributed by atoms with Crippen molar-refractivity contribution >= 4 is 27.5 Å². The molecule has 0 aliphatic rings. The summed E-state index contributed by atoms with van der Waals surface area (Å²) in [5.41, 5.74) is 3.04. The van der Waals surface area contributed by atoms with Gasteiger partial charge >= 0.3 is 0 Å². The Morgan fingerprint density at radius 1 is 1.24 bits per heavy atom. The molecule has 0 unspecified atom stereocenters. The minimum Gasteiger partial charge on any atom is -0.365 e. The maximum atomic E-state index is 4.61. The van der Waals surface area contributed by atoms with E-state index in [9.17, 15) is 0 Å². The van der Waals surface area contributed by atoms with E-state index in [0.29, 0.717) is 0 Å². The molecule has 0 saturated heterocycles. The summed E-state index contributed by atoms with van der Waals surface area (Å²) in [5, 5.41) is 5.97. The zero-order valence-electron chi connectivity index (χ0n) is 9.64. The van der Waals surface area contributed by atoms with E-state index in [-0.39, 0.29) is 0 Å². The molecular formula is C12H12N4S. The van der Waals surface area contributed by atoms with Crippen molar-refractivity contribution in [1.82, 2.24) is 14.5 Å². The van der Waals surface area contributed by atoms with Gasteiger partial charge in [-0.05, 0) is 12.1 Å². The fourth-order valence-corrected chi connectivity index (χ4v) is 2.52. The first-order valence-electron chi connectivity index (χ1n) is 5.34. The van der Waals surface area contributed by atoms with Crippen LogP contribution in [0.25, 0.3) is 22.6 Å². The van der Waals surface area contributed by atoms with Crippen LogP contribution >= 0.6 is 11.3 Å². The van der Waals surface area contributed by atoms with Crippen LogP contribution in [-0.2, 0) is 7.05 Å². The number of aromatic nitrogens is 3. The SMILES string of the molecule is CNc1nc(-c2nc3ccccc3n2C)cs1. The van der Waals surface area contributed by atoms with E-state index >= 15 is 0 Å². The summed E-state index contributed by atoms with van der Waals surface area (Å²) in [5.74, 6) is 0.906. The Labute approximate surface area is 103 Å². The topological polar surface area (TPSA) is 42.7 Å². The Morgan fingerprint density at radius 3 is 2.76 bits per heavy atom. The minimum atomic E-state index is 0.906. The van der Waals surface area contributed by atoms with Crippen molar-refractivity contribution in [1.29, 1.82) is 0 Å². The van der Waals surface area contributed by atoms with Gasteiger partial charge in [0.1, 0.15) is 5.69 Å². The third kappa shape index (κ3) is 1.59. The van der Waals surface area contributed by atoms with Crippen molar-refractivity contribution in [2.24, 2.45) is 7.05 Å². The predicted molar refractivity (Wildman–Crippen MR) is 71.4 cm³/mol. The van der Waals surface area contributed by atoms with Gasteiger partial charge in [0.2, 0.25) is 0 Å². The van der Waals surface area contributed by atoms with E-state index in [1.165, 1.54) is 0 Å². The number of anilines is 1. The van der Waals surface area contributed by atoms with Crippen LogP contribution in [0.15, 0.2) is 29.6 Å². The fraction of sp³-hybridized carbons (Fsp3) is 0.167. The summed E-state index contributed by atoms with van der Waals surface area (Å²) in [7, 11) is 3.89. The number of hydrogen-bond donors (Lipinski definition) is 1. The Balaban J connectivity index is 2.20. The van der Waals surface area contributed by atoms with Crippen molar-refractivity contribution < 1.29 is 0 Å². The van der Waals surface area contributed by atoms with E-state index in [1.54, 1.807) is 11.3 Å². The highest BCUT2D eigenvalue weighted by Gasteiger charge is 2.12. The number of benzene rings is 1. The quantitative estimate of drug-likeness (QED) is 0.753. The van der Waals surface area contributed by atoms with Gasteiger partial charge < -0.3 is 9.88 Å². The summed E-state index contributed by atoms with van der Waals surface area (Å²) < 4.78 is 2.07. The molecule has 1 N–H and O–H groups in total. The van der Waals surface area contributed by atoms with Crippen LogP contribution in [0.2, 0.25) is 0 Å². The van der Waals surface area contributed by atoms with Crippen LogP contribution in [0.5, 0.6) is 0 Å². The average molecular weight is 244 g/mol. The second kappa shape index (κ2) is 3.85. The number of rotatable bonds is 2. The highest BCUT2D eigenvalue weighted by atomic mass is 32.1. The van der Waals surface area contributed by atoms with Crippen LogP contribution < -0.4 is 5.32 Å². The molecule has 4 nitrogen and oxygen atoms in total. The van der Waals surface area contributed by atoms with Gasteiger partial charge in [-0.15, -0.1) is 11.3 Å². The van der Waals surface area contributed by atoms with Crippen LogP contribution in [0, 0.1) is 0 Å². The van der Waals surface area contributed by atoms with Gasteiger partial charge in [0.05, 0.1) is 11.0 Å². The molecule has 3 rings (SSSR count). The highest BCUT2D eigenvalue weighted by Crippen LogP contribution is 2.26. The van der Waals surface area contributed by atoms with E-state index in [4.69, 9.17) is 0 Å². The van der Waals surface area contributed by atoms with Crippen LogP contribution in [-0.4, -0.2) is 21.6 Å². The summed E-state index contributed by atoms with van der Waals surface area (Å²) in [6.45, 7) is 0. The van der Waals surface area contributed by atoms with Crippen molar-refractivity contribution in [2.45, 2.75) is 0 Å².